The van der Waals surface area contributed by atoms with Crippen molar-refractivity contribution in [3.05, 3.63) is 54.6 Å². The van der Waals surface area contributed by atoms with Crippen LogP contribution in [-0.2, 0) is 14.9 Å². The first-order valence-electron chi connectivity index (χ1n) is 9.19. The zero-order valence-electron chi connectivity index (χ0n) is 16.9. The van der Waals surface area contributed by atoms with E-state index < -0.39 is 34.7 Å². The summed E-state index contributed by atoms with van der Waals surface area (Å²) in [7, 11) is -4.36. The molecule has 0 aliphatic carbocycles. The second kappa shape index (κ2) is 9.80. The molecule has 0 radical (unpaired) electrons. The number of aliphatic carboxylic acids is 1. The van der Waals surface area contributed by atoms with Crippen LogP contribution in [0.2, 0.25) is 0 Å². The number of hydrogen-bond donors (Lipinski definition) is 5. The molecule has 34 heavy (non-hydrogen) atoms. The molecule has 5 N–H and O–H groups in total. The Morgan fingerprint density at radius 1 is 1.03 bits per heavy atom. The minimum atomic E-state index is -4.89. The largest absolute Gasteiger partial charge is 0.573 e. The lowest BCUT2D eigenvalue weighted by Crippen LogP contribution is -2.17. The minimum Gasteiger partial charge on any atom is -0.480 e. The first kappa shape index (κ1) is 24.5. The molecule has 0 saturated heterocycles. The summed E-state index contributed by atoms with van der Waals surface area (Å²) in [5.41, 5.74) is 6.15. The molecule has 0 amide bonds. The van der Waals surface area contributed by atoms with Crippen LogP contribution in [0.1, 0.15) is 0 Å². The number of alkyl halides is 3. The number of carboxylic acids is 1. The van der Waals surface area contributed by atoms with Gasteiger partial charge in [0.05, 0.1) is 16.3 Å². The van der Waals surface area contributed by atoms with Gasteiger partial charge in [0.2, 0.25) is 5.95 Å². The second-order valence-corrected chi connectivity index (χ2v) is 7.96. The van der Waals surface area contributed by atoms with E-state index in [-0.39, 0.29) is 27.9 Å². The Kier molecular flexibility index (Phi) is 7.07. The smallest absolute Gasteiger partial charge is 0.480 e. The lowest BCUT2D eigenvalue weighted by atomic mass is 10.1. The summed E-state index contributed by atoms with van der Waals surface area (Å²) in [5, 5.41) is 11.4. The van der Waals surface area contributed by atoms with Crippen molar-refractivity contribution in [3.63, 3.8) is 0 Å². The number of ether oxygens (including phenoxy) is 1. The van der Waals surface area contributed by atoms with Gasteiger partial charge in [-0.3, -0.25) is 20.2 Å². The fourth-order valence-corrected chi connectivity index (χ4v) is 3.07. The first-order chi connectivity index (χ1) is 15.9. The molecule has 2 aromatic carbocycles. The van der Waals surface area contributed by atoms with E-state index in [0.29, 0.717) is 5.69 Å². The minimum absolute atomic E-state index is 0.0962. The van der Waals surface area contributed by atoms with Gasteiger partial charge in [-0.05, 0) is 36.4 Å². The number of nitrogens with one attached hydrogen (secondary N) is 3. The number of nitrogens with zero attached hydrogens (tertiary/aromatic N) is 2. The molecule has 0 spiro atoms. The van der Waals surface area contributed by atoms with Crippen LogP contribution in [-0.4, -0.2) is 46.9 Å². The molecule has 0 unspecified atom stereocenters. The van der Waals surface area contributed by atoms with Gasteiger partial charge in [-0.25, -0.2) is 4.98 Å². The van der Waals surface area contributed by atoms with Crippen LogP contribution < -0.4 is 20.9 Å². The number of halogens is 3. The van der Waals surface area contributed by atoms with E-state index >= 15 is 0 Å². The molecule has 0 saturated carbocycles. The van der Waals surface area contributed by atoms with Gasteiger partial charge in [0, 0.05) is 11.6 Å². The number of aromatic nitrogens is 2. The van der Waals surface area contributed by atoms with Gasteiger partial charge in [-0.1, -0.05) is 12.1 Å². The lowest BCUT2D eigenvalue weighted by Gasteiger charge is -2.13. The monoisotopic (exact) mass is 499 g/mol. The van der Waals surface area contributed by atoms with Crippen LogP contribution in [0.3, 0.4) is 0 Å². The summed E-state index contributed by atoms with van der Waals surface area (Å²) in [6.45, 7) is -0.523. The molecule has 3 aromatic rings. The molecule has 1 aromatic heterocycles. The van der Waals surface area contributed by atoms with E-state index in [1.54, 1.807) is 0 Å². The van der Waals surface area contributed by atoms with E-state index in [4.69, 9.17) is 9.66 Å². The summed E-state index contributed by atoms with van der Waals surface area (Å²) in [4.78, 5) is 18.8. The number of hydrogen-bond acceptors (Lipinski definition) is 9. The van der Waals surface area contributed by atoms with Gasteiger partial charge in [0.15, 0.2) is 5.82 Å². The summed E-state index contributed by atoms with van der Waals surface area (Å²) in [5.74, 6) is -1.71. The molecular formula is C19H16F3N5O6S. The average Bonchev–Trinajstić information content (AvgIpc) is 2.75. The van der Waals surface area contributed by atoms with Crippen LogP contribution in [0.5, 0.6) is 5.75 Å². The number of carbonyl (C=O) groups is 1. The highest BCUT2D eigenvalue weighted by Gasteiger charge is 2.31. The van der Waals surface area contributed by atoms with Crippen molar-refractivity contribution in [2.24, 2.45) is 0 Å². The number of carboxylic acid groups (broad SMARTS) is 1. The predicted molar refractivity (Wildman–Crippen MR) is 114 cm³/mol. The molecule has 15 heteroatoms. The quantitative estimate of drug-likeness (QED) is 0.217. The fraction of sp³-hybridized carbons (Fsp3) is 0.105. The van der Waals surface area contributed by atoms with E-state index in [1.807, 2.05) is 0 Å². The molecule has 3 rings (SSSR count). The average molecular weight is 499 g/mol. The molecule has 1 heterocycles. The molecular weight excluding hydrogens is 483 g/mol. The Balaban J connectivity index is 1.87. The van der Waals surface area contributed by atoms with Crippen LogP contribution in [0, 0.1) is 0 Å². The van der Waals surface area contributed by atoms with Gasteiger partial charge >= 0.3 is 12.3 Å². The standard InChI is InChI=1S/C19H16F3N5O6S/c20-19(21,22)33-13-3-1-2-11(8-13)15-9-16(25-18(24-15)23-10-17(28)29)27-26-12-4-6-14(7-5-12)34(30,31)32/h1-9,26H,10H2,(H,28,29)(H,30,31,32)(H2,23,24,25,27). The molecule has 0 aliphatic rings. The summed E-state index contributed by atoms with van der Waals surface area (Å²) in [6, 6.07) is 11.4. The summed E-state index contributed by atoms with van der Waals surface area (Å²) in [6.07, 6.45) is -4.89. The highest BCUT2D eigenvalue weighted by Crippen LogP contribution is 2.28. The maximum absolute atomic E-state index is 12.6. The van der Waals surface area contributed by atoms with Crippen molar-refractivity contribution >= 4 is 33.5 Å². The van der Waals surface area contributed by atoms with Crippen LogP contribution in [0.15, 0.2) is 59.5 Å². The van der Waals surface area contributed by atoms with Crippen molar-refractivity contribution < 1.29 is 40.8 Å². The van der Waals surface area contributed by atoms with E-state index in [1.165, 1.54) is 30.3 Å². The van der Waals surface area contributed by atoms with Crippen molar-refractivity contribution in [2.45, 2.75) is 11.3 Å². The molecule has 0 bridgehead atoms. The third kappa shape index (κ3) is 7.21. The zero-order chi connectivity index (χ0) is 24.9. The van der Waals surface area contributed by atoms with Crippen molar-refractivity contribution in [1.29, 1.82) is 0 Å². The Labute approximate surface area is 190 Å². The molecule has 0 fully saturated rings. The van der Waals surface area contributed by atoms with Crippen LogP contribution in [0.25, 0.3) is 11.3 Å². The summed E-state index contributed by atoms with van der Waals surface area (Å²) >= 11 is 0. The van der Waals surface area contributed by atoms with Crippen LogP contribution in [0.4, 0.5) is 30.6 Å². The maximum atomic E-state index is 12.6. The first-order valence-corrected chi connectivity index (χ1v) is 10.6. The van der Waals surface area contributed by atoms with Crippen LogP contribution >= 0.6 is 0 Å². The second-order valence-electron chi connectivity index (χ2n) is 6.53. The number of anilines is 3. The zero-order valence-corrected chi connectivity index (χ0v) is 17.7. The predicted octanol–water partition coefficient (Wildman–Crippen LogP) is 3.22. The lowest BCUT2D eigenvalue weighted by molar-refractivity contribution is -0.274. The highest BCUT2D eigenvalue weighted by molar-refractivity contribution is 7.85. The van der Waals surface area contributed by atoms with Crippen molar-refractivity contribution in [3.8, 4) is 17.0 Å². The molecule has 11 nitrogen and oxygen atoms in total. The van der Waals surface area contributed by atoms with Gasteiger partial charge in [0.25, 0.3) is 10.1 Å². The Morgan fingerprint density at radius 2 is 1.74 bits per heavy atom. The highest BCUT2D eigenvalue weighted by atomic mass is 32.2. The molecule has 0 atom stereocenters. The van der Waals surface area contributed by atoms with E-state index in [2.05, 4.69) is 30.9 Å². The van der Waals surface area contributed by atoms with Gasteiger partial charge in [-0.2, -0.15) is 13.4 Å². The third-order valence-electron chi connectivity index (χ3n) is 3.97. The van der Waals surface area contributed by atoms with E-state index in [9.17, 15) is 26.4 Å². The summed E-state index contributed by atoms with van der Waals surface area (Å²) < 4.78 is 72.9. The Bertz CT molecular complexity index is 1290. The van der Waals surface area contributed by atoms with Crippen molar-refractivity contribution in [2.75, 3.05) is 22.7 Å². The van der Waals surface area contributed by atoms with Gasteiger partial charge in [0.1, 0.15) is 12.3 Å². The van der Waals surface area contributed by atoms with Gasteiger partial charge < -0.3 is 15.2 Å². The Hall–Kier alpha value is -4.11. The number of benzene rings is 2. The topological polar surface area (TPSA) is 163 Å². The number of rotatable bonds is 9. The Morgan fingerprint density at radius 3 is 2.35 bits per heavy atom. The normalized spacial score (nSPS) is 11.5. The maximum Gasteiger partial charge on any atom is 0.573 e. The number of hydrazine groups is 1. The van der Waals surface area contributed by atoms with Crippen molar-refractivity contribution in [1.82, 2.24) is 9.97 Å². The molecule has 180 valence electrons. The third-order valence-corrected chi connectivity index (χ3v) is 4.84. The SMILES string of the molecule is O=C(O)CNc1nc(NNc2ccc(S(=O)(=O)O)cc2)cc(-c2cccc(OC(F)(F)F)c2)n1. The molecule has 0 aliphatic heterocycles. The van der Waals surface area contributed by atoms with E-state index in [0.717, 1.165) is 24.3 Å². The van der Waals surface area contributed by atoms with Gasteiger partial charge in [-0.15, -0.1) is 13.2 Å². The fourth-order valence-electron chi connectivity index (χ4n) is 2.59.